The Hall–Kier alpha value is -2.30. The van der Waals surface area contributed by atoms with Crippen molar-refractivity contribution >= 4 is 12.1 Å². The van der Waals surface area contributed by atoms with Gasteiger partial charge in [0.2, 0.25) is 5.91 Å². The van der Waals surface area contributed by atoms with Gasteiger partial charge in [-0.1, -0.05) is 12.1 Å². The molecule has 1 aliphatic rings. The van der Waals surface area contributed by atoms with Crippen LogP contribution in [0.1, 0.15) is 18.7 Å². The van der Waals surface area contributed by atoms with Crippen LogP contribution in [0, 0.1) is 0 Å². The fraction of sp³-hybridized carbons (Fsp3) is 0.167. The van der Waals surface area contributed by atoms with E-state index >= 15 is 0 Å². The van der Waals surface area contributed by atoms with Gasteiger partial charge >= 0.3 is 0 Å². The second kappa shape index (κ2) is 4.69. The Bertz CT molecular complexity index is 482. The average Bonchev–Trinajstić information content (AvgIpc) is 2.29. The molecule has 1 aromatic rings. The van der Waals surface area contributed by atoms with Gasteiger partial charge in [-0.25, -0.2) is 0 Å². The maximum Gasteiger partial charge on any atom is 0.235 e. The van der Waals surface area contributed by atoms with Crippen LogP contribution in [0.4, 0.5) is 0 Å². The van der Waals surface area contributed by atoms with Gasteiger partial charge in [-0.3, -0.25) is 20.2 Å². The van der Waals surface area contributed by atoms with E-state index in [0.29, 0.717) is 0 Å². The number of hydrazine groups is 1. The van der Waals surface area contributed by atoms with Gasteiger partial charge in [0.05, 0.1) is 0 Å². The summed E-state index contributed by atoms with van der Waals surface area (Å²) >= 11 is 0. The lowest BCUT2D eigenvalue weighted by atomic mass is 10.1. The van der Waals surface area contributed by atoms with Crippen LogP contribution in [0.3, 0.4) is 0 Å². The molecule has 0 fully saturated rings. The molecule has 0 spiro atoms. The van der Waals surface area contributed by atoms with Crippen molar-refractivity contribution in [2.45, 2.75) is 13.1 Å². The number of hydrogen-bond donors (Lipinski definition) is 2. The number of allylic oxidation sites excluding steroid dienone is 1. The Labute approximate surface area is 99.1 Å². The monoisotopic (exact) mass is 231 g/mol. The molecule has 0 aliphatic carbocycles. The summed E-state index contributed by atoms with van der Waals surface area (Å²) < 4.78 is 0. The molecule has 0 saturated carbocycles. The van der Waals surface area contributed by atoms with Crippen molar-refractivity contribution in [2.75, 3.05) is 0 Å². The number of hydrogen-bond acceptors (Lipinski definition) is 4. The van der Waals surface area contributed by atoms with E-state index in [9.17, 15) is 9.90 Å². The van der Waals surface area contributed by atoms with E-state index in [1.807, 2.05) is 6.07 Å². The summed E-state index contributed by atoms with van der Waals surface area (Å²) in [7, 11) is 0. The van der Waals surface area contributed by atoms with Crippen LogP contribution in [0.15, 0.2) is 41.5 Å². The first-order valence-electron chi connectivity index (χ1n) is 5.21. The maximum atomic E-state index is 11.1. The van der Waals surface area contributed by atoms with Crippen molar-refractivity contribution in [1.82, 2.24) is 10.4 Å². The van der Waals surface area contributed by atoms with Gasteiger partial charge in [-0.05, 0) is 18.2 Å². The number of amides is 1. The molecule has 1 atom stereocenters. The Kier molecular flexibility index (Phi) is 3.09. The summed E-state index contributed by atoms with van der Waals surface area (Å²) in [5.41, 5.74) is 3.47. The molecule has 1 unspecified atom stereocenters. The SMILES string of the molecule is CC(=O)NN1C=CC=NC1c1cccc(O)c1. The molecule has 1 heterocycles. The standard InChI is InChI=1S/C12H13N3O2/c1-9(16)14-15-7-3-6-13-12(15)10-4-2-5-11(17)8-10/h2-8,12,17H,1H3,(H,14,16). The summed E-state index contributed by atoms with van der Waals surface area (Å²) in [5, 5.41) is 11.0. The number of phenols is 1. The van der Waals surface area contributed by atoms with Crippen LogP contribution in [0.25, 0.3) is 0 Å². The summed E-state index contributed by atoms with van der Waals surface area (Å²) in [6.07, 6.45) is 4.77. The molecule has 0 saturated heterocycles. The lowest BCUT2D eigenvalue weighted by Crippen LogP contribution is -2.40. The average molecular weight is 231 g/mol. The number of carbonyl (C=O) groups excluding carboxylic acids is 1. The van der Waals surface area contributed by atoms with Gasteiger partial charge in [0.1, 0.15) is 5.75 Å². The molecular weight excluding hydrogens is 218 g/mol. The number of aromatic hydroxyl groups is 1. The zero-order valence-corrected chi connectivity index (χ0v) is 9.37. The lowest BCUT2D eigenvalue weighted by molar-refractivity contribution is -0.123. The van der Waals surface area contributed by atoms with Crippen LogP contribution >= 0.6 is 0 Å². The van der Waals surface area contributed by atoms with E-state index in [2.05, 4.69) is 10.4 Å². The summed E-state index contributed by atoms with van der Waals surface area (Å²) in [6, 6.07) is 6.80. The van der Waals surface area contributed by atoms with Crippen molar-refractivity contribution in [3.05, 3.63) is 42.1 Å². The number of carbonyl (C=O) groups is 1. The molecular formula is C12H13N3O2. The van der Waals surface area contributed by atoms with Gasteiger partial charge in [0, 0.05) is 24.9 Å². The third-order valence-electron chi connectivity index (χ3n) is 2.28. The number of nitrogens with one attached hydrogen (secondary N) is 1. The van der Waals surface area contributed by atoms with Crippen LogP contribution in [0.2, 0.25) is 0 Å². The largest absolute Gasteiger partial charge is 0.508 e. The van der Waals surface area contributed by atoms with E-state index in [4.69, 9.17) is 0 Å². The highest BCUT2D eigenvalue weighted by Gasteiger charge is 2.19. The predicted molar refractivity (Wildman–Crippen MR) is 64.1 cm³/mol. The summed E-state index contributed by atoms with van der Waals surface area (Å²) in [6.45, 7) is 1.44. The van der Waals surface area contributed by atoms with Gasteiger partial charge in [0.15, 0.2) is 6.17 Å². The topological polar surface area (TPSA) is 64.9 Å². The molecule has 1 amide bonds. The molecule has 5 nitrogen and oxygen atoms in total. The van der Waals surface area contributed by atoms with Crippen LogP contribution < -0.4 is 5.43 Å². The van der Waals surface area contributed by atoms with Crippen molar-refractivity contribution in [1.29, 1.82) is 0 Å². The van der Waals surface area contributed by atoms with Crippen molar-refractivity contribution in [3.8, 4) is 5.75 Å². The normalized spacial score (nSPS) is 18.2. The molecule has 88 valence electrons. The third-order valence-corrected chi connectivity index (χ3v) is 2.28. The van der Waals surface area contributed by atoms with Gasteiger partial charge in [-0.15, -0.1) is 0 Å². The maximum absolute atomic E-state index is 11.1. The van der Waals surface area contributed by atoms with E-state index in [1.165, 1.54) is 6.92 Å². The Morgan fingerprint density at radius 2 is 2.35 bits per heavy atom. The third kappa shape index (κ3) is 2.63. The zero-order valence-electron chi connectivity index (χ0n) is 9.37. The molecule has 0 radical (unpaired) electrons. The summed E-state index contributed by atoms with van der Waals surface area (Å²) in [4.78, 5) is 15.3. The minimum absolute atomic E-state index is 0.170. The summed E-state index contributed by atoms with van der Waals surface area (Å²) in [5.74, 6) is 0.00642. The minimum atomic E-state index is -0.351. The highest BCUT2D eigenvalue weighted by molar-refractivity contribution is 5.74. The quantitative estimate of drug-likeness (QED) is 0.807. The fourth-order valence-electron chi connectivity index (χ4n) is 1.63. The molecule has 2 N–H and O–H groups in total. The molecule has 2 rings (SSSR count). The van der Waals surface area contributed by atoms with E-state index in [1.54, 1.807) is 41.7 Å². The fourth-order valence-corrected chi connectivity index (χ4v) is 1.63. The molecule has 0 aromatic heterocycles. The highest BCUT2D eigenvalue weighted by atomic mass is 16.3. The minimum Gasteiger partial charge on any atom is -0.508 e. The van der Waals surface area contributed by atoms with Crippen LogP contribution in [-0.4, -0.2) is 22.2 Å². The lowest BCUT2D eigenvalue weighted by Gasteiger charge is -2.29. The first-order valence-corrected chi connectivity index (χ1v) is 5.21. The first-order chi connectivity index (χ1) is 8.16. The first kappa shape index (κ1) is 11.2. The van der Waals surface area contributed by atoms with Gasteiger partial charge in [-0.2, -0.15) is 0 Å². The predicted octanol–water partition coefficient (Wildman–Crippen LogP) is 1.34. The van der Waals surface area contributed by atoms with Gasteiger partial charge in [0.25, 0.3) is 0 Å². The molecule has 5 heteroatoms. The second-order valence-corrected chi connectivity index (χ2v) is 3.68. The second-order valence-electron chi connectivity index (χ2n) is 3.68. The Morgan fingerprint density at radius 1 is 1.53 bits per heavy atom. The highest BCUT2D eigenvalue weighted by Crippen LogP contribution is 2.25. The van der Waals surface area contributed by atoms with Crippen molar-refractivity contribution in [3.63, 3.8) is 0 Å². The number of phenolic OH excluding ortho intramolecular Hbond substituents is 1. The van der Waals surface area contributed by atoms with Crippen molar-refractivity contribution < 1.29 is 9.90 Å². The number of aliphatic imine (C=N–C) groups is 1. The number of benzene rings is 1. The van der Waals surface area contributed by atoms with E-state index in [-0.39, 0.29) is 17.8 Å². The van der Waals surface area contributed by atoms with Crippen LogP contribution in [-0.2, 0) is 4.79 Å². The number of rotatable bonds is 2. The Morgan fingerprint density at radius 3 is 3.06 bits per heavy atom. The van der Waals surface area contributed by atoms with E-state index < -0.39 is 0 Å². The Balaban J connectivity index is 2.26. The molecule has 0 bridgehead atoms. The van der Waals surface area contributed by atoms with Crippen LogP contribution in [0.5, 0.6) is 5.75 Å². The van der Waals surface area contributed by atoms with E-state index in [0.717, 1.165) is 5.56 Å². The number of nitrogens with zero attached hydrogens (tertiary/aromatic N) is 2. The molecule has 17 heavy (non-hydrogen) atoms. The van der Waals surface area contributed by atoms with Crippen molar-refractivity contribution in [2.24, 2.45) is 4.99 Å². The zero-order chi connectivity index (χ0) is 12.3. The smallest absolute Gasteiger partial charge is 0.235 e. The van der Waals surface area contributed by atoms with Gasteiger partial charge < -0.3 is 5.11 Å². The molecule has 1 aliphatic heterocycles. The molecule has 1 aromatic carbocycles.